The first kappa shape index (κ1) is 17.1. The van der Waals surface area contributed by atoms with Crippen LogP contribution in [-0.2, 0) is 17.9 Å². The summed E-state index contributed by atoms with van der Waals surface area (Å²) in [6.07, 6.45) is 6.53. The molecule has 0 bridgehead atoms. The summed E-state index contributed by atoms with van der Waals surface area (Å²) >= 11 is 0. The highest BCUT2D eigenvalue weighted by atomic mass is 16.2. The first-order valence-electron chi connectivity index (χ1n) is 9.48. The smallest absolute Gasteiger partial charge is 0.225 e. The monoisotopic (exact) mass is 355 g/mol. The van der Waals surface area contributed by atoms with E-state index in [4.69, 9.17) is 4.98 Å². The molecule has 8 nitrogen and oxygen atoms in total. The van der Waals surface area contributed by atoms with Gasteiger partial charge in [0.25, 0.3) is 0 Å². The molecule has 2 saturated heterocycles. The van der Waals surface area contributed by atoms with Crippen molar-refractivity contribution in [3.8, 4) is 0 Å². The minimum Gasteiger partial charge on any atom is -0.334 e. The summed E-state index contributed by atoms with van der Waals surface area (Å²) in [7, 11) is 0. The maximum absolute atomic E-state index is 12.7. The van der Waals surface area contributed by atoms with Crippen LogP contribution in [0, 0.1) is 0 Å². The van der Waals surface area contributed by atoms with Crippen molar-refractivity contribution in [3.63, 3.8) is 0 Å². The van der Waals surface area contributed by atoms with E-state index in [1.54, 1.807) is 4.68 Å². The number of aromatic nitrogens is 5. The second-order valence-electron chi connectivity index (χ2n) is 7.11. The molecular formula is C18H25N7O. The third-order valence-electron chi connectivity index (χ3n) is 5.27. The van der Waals surface area contributed by atoms with Gasteiger partial charge in [-0.05, 0) is 61.3 Å². The Morgan fingerprint density at radius 2 is 2.04 bits per heavy atom. The number of carbonyl (C=O) groups excluding carboxylic acids is 1. The average molecular weight is 355 g/mol. The van der Waals surface area contributed by atoms with Crippen molar-refractivity contribution in [2.45, 2.75) is 51.2 Å². The number of hydrogen-bond donors (Lipinski definition) is 0. The Kier molecular flexibility index (Phi) is 5.19. The normalized spacial score (nSPS) is 20.8. The van der Waals surface area contributed by atoms with Gasteiger partial charge in [0.1, 0.15) is 6.33 Å². The SMILES string of the molecule is O=C(CCn1cnnn1)N1CCC[C@@H]1c1cccc(CN2CCCC2)n1. The van der Waals surface area contributed by atoms with Crippen LogP contribution in [0.15, 0.2) is 24.5 Å². The van der Waals surface area contributed by atoms with Crippen LogP contribution in [0.4, 0.5) is 0 Å². The average Bonchev–Trinajstić information content (AvgIpc) is 3.41. The van der Waals surface area contributed by atoms with E-state index in [2.05, 4.69) is 38.6 Å². The highest BCUT2D eigenvalue weighted by Gasteiger charge is 2.30. The van der Waals surface area contributed by atoms with Gasteiger partial charge in [0.05, 0.1) is 24.0 Å². The third-order valence-corrected chi connectivity index (χ3v) is 5.27. The minimum absolute atomic E-state index is 0.0925. The van der Waals surface area contributed by atoms with E-state index in [1.165, 1.54) is 19.2 Å². The van der Waals surface area contributed by atoms with Crippen molar-refractivity contribution in [3.05, 3.63) is 35.9 Å². The molecule has 1 atom stereocenters. The van der Waals surface area contributed by atoms with Crippen molar-refractivity contribution < 1.29 is 4.79 Å². The zero-order chi connectivity index (χ0) is 17.8. The first-order chi connectivity index (χ1) is 12.8. The Hall–Kier alpha value is -2.35. The zero-order valence-corrected chi connectivity index (χ0v) is 15.0. The van der Waals surface area contributed by atoms with Gasteiger partial charge in [0.2, 0.25) is 5.91 Å². The van der Waals surface area contributed by atoms with Crippen LogP contribution in [0.2, 0.25) is 0 Å². The predicted octanol–water partition coefficient (Wildman–Crippen LogP) is 1.42. The topological polar surface area (TPSA) is 80.0 Å². The first-order valence-corrected chi connectivity index (χ1v) is 9.48. The van der Waals surface area contributed by atoms with Crippen molar-refractivity contribution in [2.75, 3.05) is 19.6 Å². The number of likely N-dealkylation sites (tertiary alicyclic amines) is 2. The van der Waals surface area contributed by atoms with Gasteiger partial charge in [-0.25, -0.2) is 4.68 Å². The Labute approximate surface area is 153 Å². The molecule has 2 aromatic rings. The number of nitrogens with zero attached hydrogens (tertiary/aromatic N) is 7. The lowest BCUT2D eigenvalue weighted by Gasteiger charge is -2.25. The molecule has 4 rings (SSSR count). The zero-order valence-electron chi connectivity index (χ0n) is 15.0. The molecule has 0 aliphatic carbocycles. The molecule has 138 valence electrons. The van der Waals surface area contributed by atoms with Gasteiger partial charge in [-0.15, -0.1) is 5.10 Å². The predicted molar refractivity (Wildman–Crippen MR) is 94.9 cm³/mol. The van der Waals surface area contributed by atoms with E-state index in [9.17, 15) is 4.79 Å². The van der Waals surface area contributed by atoms with Gasteiger partial charge in [-0.3, -0.25) is 14.7 Å². The molecule has 0 aromatic carbocycles. The van der Waals surface area contributed by atoms with Crippen LogP contribution < -0.4 is 0 Å². The van der Waals surface area contributed by atoms with Gasteiger partial charge in [0.15, 0.2) is 0 Å². The maximum Gasteiger partial charge on any atom is 0.225 e. The lowest BCUT2D eigenvalue weighted by Crippen LogP contribution is -2.32. The second-order valence-corrected chi connectivity index (χ2v) is 7.11. The summed E-state index contributed by atoms with van der Waals surface area (Å²) in [5.74, 6) is 0.148. The molecule has 2 aliphatic rings. The molecule has 0 N–H and O–H groups in total. The Morgan fingerprint density at radius 3 is 2.85 bits per heavy atom. The Bertz CT molecular complexity index is 727. The largest absolute Gasteiger partial charge is 0.334 e. The number of amides is 1. The van der Waals surface area contributed by atoms with E-state index in [-0.39, 0.29) is 11.9 Å². The van der Waals surface area contributed by atoms with Gasteiger partial charge in [-0.2, -0.15) is 0 Å². The van der Waals surface area contributed by atoms with Crippen LogP contribution in [-0.4, -0.2) is 60.5 Å². The Balaban J connectivity index is 1.41. The number of carbonyl (C=O) groups is 1. The quantitative estimate of drug-likeness (QED) is 0.780. The highest BCUT2D eigenvalue weighted by Crippen LogP contribution is 2.31. The Morgan fingerprint density at radius 1 is 1.15 bits per heavy atom. The summed E-state index contributed by atoms with van der Waals surface area (Å²) in [5.41, 5.74) is 2.13. The van der Waals surface area contributed by atoms with Gasteiger partial charge in [-0.1, -0.05) is 6.07 Å². The molecule has 8 heteroatoms. The molecule has 4 heterocycles. The standard InChI is InChI=1S/C18H25N7O/c26-18(8-12-24-14-19-21-22-24)25-11-4-7-17(25)16-6-3-5-15(20-16)13-23-9-1-2-10-23/h3,5-6,14,17H,1-2,4,7-13H2/t17-/m1/s1. The van der Waals surface area contributed by atoms with E-state index >= 15 is 0 Å². The van der Waals surface area contributed by atoms with Gasteiger partial charge < -0.3 is 4.90 Å². The maximum atomic E-state index is 12.7. The number of hydrogen-bond acceptors (Lipinski definition) is 6. The minimum atomic E-state index is 0.0925. The van der Waals surface area contributed by atoms with Crippen molar-refractivity contribution in [1.29, 1.82) is 0 Å². The molecule has 0 unspecified atom stereocenters. The molecule has 0 saturated carbocycles. The van der Waals surface area contributed by atoms with E-state index in [0.29, 0.717) is 13.0 Å². The fraction of sp³-hybridized carbons (Fsp3) is 0.611. The molecular weight excluding hydrogens is 330 g/mol. The fourth-order valence-electron chi connectivity index (χ4n) is 3.95. The van der Waals surface area contributed by atoms with Crippen LogP contribution in [0.5, 0.6) is 0 Å². The van der Waals surface area contributed by atoms with Crippen LogP contribution >= 0.6 is 0 Å². The number of pyridine rings is 1. The summed E-state index contributed by atoms with van der Waals surface area (Å²) in [5, 5.41) is 11.0. The van der Waals surface area contributed by atoms with Crippen molar-refractivity contribution >= 4 is 5.91 Å². The van der Waals surface area contributed by atoms with Crippen molar-refractivity contribution in [2.24, 2.45) is 0 Å². The molecule has 2 fully saturated rings. The number of aryl methyl sites for hydroxylation is 1. The lowest BCUT2D eigenvalue weighted by molar-refractivity contribution is -0.132. The second kappa shape index (κ2) is 7.90. The number of rotatable bonds is 6. The van der Waals surface area contributed by atoms with Crippen molar-refractivity contribution in [1.82, 2.24) is 35.0 Å². The van der Waals surface area contributed by atoms with Crippen LogP contribution in [0.1, 0.15) is 49.5 Å². The van der Waals surface area contributed by atoms with E-state index in [0.717, 1.165) is 50.4 Å². The molecule has 2 aromatic heterocycles. The van der Waals surface area contributed by atoms with E-state index < -0.39 is 0 Å². The van der Waals surface area contributed by atoms with Crippen LogP contribution in [0.3, 0.4) is 0 Å². The van der Waals surface area contributed by atoms with Gasteiger partial charge in [0, 0.05) is 19.5 Å². The van der Waals surface area contributed by atoms with E-state index in [1.807, 2.05) is 4.90 Å². The molecule has 0 radical (unpaired) electrons. The third kappa shape index (κ3) is 3.90. The number of tetrazole rings is 1. The molecule has 2 aliphatic heterocycles. The summed E-state index contributed by atoms with van der Waals surface area (Å²) < 4.78 is 1.60. The summed E-state index contributed by atoms with van der Waals surface area (Å²) in [4.78, 5) is 22.0. The van der Waals surface area contributed by atoms with Gasteiger partial charge >= 0.3 is 0 Å². The lowest BCUT2D eigenvalue weighted by atomic mass is 10.1. The fourth-order valence-corrected chi connectivity index (χ4v) is 3.95. The van der Waals surface area contributed by atoms with Crippen LogP contribution in [0.25, 0.3) is 0 Å². The molecule has 1 amide bonds. The summed E-state index contributed by atoms with van der Waals surface area (Å²) in [6, 6.07) is 6.33. The molecule has 0 spiro atoms. The summed E-state index contributed by atoms with van der Waals surface area (Å²) in [6.45, 7) is 4.55. The highest BCUT2D eigenvalue weighted by molar-refractivity contribution is 5.76. The molecule has 26 heavy (non-hydrogen) atoms.